The maximum absolute atomic E-state index is 13.7. The fourth-order valence-electron chi connectivity index (χ4n) is 4.05. The molecule has 0 atom stereocenters. The third-order valence-electron chi connectivity index (χ3n) is 5.63. The number of aromatic nitrogens is 2. The molecular formula is C24H21FN3O3-. The molecular weight excluding hydrogens is 397 g/mol. The van der Waals surface area contributed by atoms with Crippen LogP contribution in [0.2, 0.25) is 0 Å². The van der Waals surface area contributed by atoms with Gasteiger partial charge >= 0.3 is 5.97 Å². The lowest BCUT2D eigenvalue weighted by Crippen LogP contribution is -2.26. The number of fused-ring (bicyclic) bond motifs is 2. The van der Waals surface area contributed by atoms with Crippen LogP contribution in [-0.2, 0) is 4.74 Å². The lowest BCUT2D eigenvalue weighted by atomic mass is 10.1. The molecule has 0 saturated carbocycles. The maximum Gasteiger partial charge on any atom is 0.306 e. The summed E-state index contributed by atoms with van der Waals surface area (Å²) in [6.45, 7) is 1.73. The van der Waals surface area contributed by atoms with Gasteiger partial charge in [-0.3, -0.25) is 0 Å². The Hall–Kier alpha value is -3.48. The quantitative estimate of drug-likeness (QED) is 0.323. The number of furan rings is 1. The molecule has 7 heteroatoms. The minimum absolute atomic E-state index is 0.351. The number of halogens is 1. The number of nitrogens with zero attached hydrogens (tertiary/aromatic N) is 3. The first kappa shape index (κ1) is 19.5. The van der Waals surface area contributed by atoms with Crippen LogP contribution < -0.4 is 4.90 Å². The summed E-state index contributed by atoms with van der Waals surface area (Å²) in [5.74, 6) is 0.364. The van der Waals surface area contributed by atoms with Crippen LogP contribution in [-0.4, -0.2) is 29.0 Å². The molecule has 158 valence electrons. The SMILES string of the molecule is [CH2-]OC(=O)c1ccc2nc(-c3cc4ccc(F)cc4o3)c(N3CCCCCC3)nc2c1. The van der Waals surface area contributed by atoms with Crippen molar-refractivity contribution in [3.05, 3.63) is 61.0 Å². The van der Waals surface area contributed by atoms with Crippen molar-refractivity contribution in [2.75, 3.05) is 18.0 Å². The van der Waals surface area contributed by atoms with Crippen molar-refractivity contribution in [1.29, 1.82) is 0 Å². The third kappa shape index (κ3) is 3.71. The Morgan fingerprint density at radius 1 is 1.00 bits per heavy atom. The van der Waals surface area contributed by atoms with Gasteiger partial charge < -0.3 is 14.1 Å². The van der Waals surface area contributed by atoms with E-state index in [0.717, 1.165) is 31.3 Å². The number of rotatable bonds is 3. The van der Waals surface area contributed by atoms with Gasteiger partial charge in [-0.2, -0.15) is 7.11 Å². The number of benzene rings is 2. The zero-order valence-corrected chi connectivity index (χ0v) is 16.9. The van der Waals surface area contributed by atoms with E-state index < -0.39 is 5.97 Å². The lowest BCUT2D eigenvalue weighted by Gasteiger charge is -2.23. The van der Waals surface area contributed by atoms with E-state index in [1.54, 1.807) is 24.3 Å². The van der Waals surface area contributed by atoms with Crippen molar-refractivity contribution in [3.63, 3.8) is 0 Å². The van der Waals surface area contributed by atoms with Crippen LogP contribution in [0, 0.1) is 12.9 Å². The highest BCUT2D eigenvalue weighted by Gasteiger charge is 2.22. The second-order valence-corrected chi connectivity index (χ2v) is 7.73. The van der Waals surface area contributed by atoms with E-state index in [2.05, 4.69) is 16.7 Å². The number of esters is 1. The molecule has 4 aromatic rings. The molecule has 0 bridgehead atoms. The molecule has 0 spiro atoms. The summed E-state index contributed by atoms with van der Waals surface area (Å²) in [5, 5.41) is 0.800. The molecule has 1 aliphatic heterocycles. The number of carbonyl (C=O) groups excluding carboxylic acids is 1. The van der Waals surface area contributed by atoms with Gasteiger partial charge in [0.25, 0.3) is 0 Å². The second kappa shape index (κ2) is 7.98. The van der Waals surface area contributed by atoms with Gasteiger partial charge in [0.2, 0.25) is 0 Å². The molecule has 3 heterocycles. The standard InChI is InChI=1S/C24H21FN3O3/c1-30-24(29)16-7-9-18-19(12-16)27-23(28-10-4-2-3-5-11-28)22(26-18)21-13-15-6-8-17(25)14-20(15)31-21/h6-9,12-14H,1-5,10-11H2/q-1. The molecule has 1 saturated heterocycles. The molecule has 5 rings (SSSR count). The molecule has 1 aliphatic rings. The van der Waals surface area contributed by atoms with E-state index in [4.69, 9.17) is 14.4 Å². The van der Waals surface area contributed by atoms with E-state index in [0.29, 0.717) is 39.5 Å². The fourth-order valence-corrected chi connectivity index (χ4v) is 4.05. The lowest BCUT2D eigenvalue weighted by molar-refractivity contribution is 0.0654. The molecule has 0 radical (unpaired) electrons. The van der Waals surface area contributed by atoms with Crippen LogP contribution >= 0.6 is 0 Å². The van der Waals surface area contributed by atoms with Crippen LogP contribution in [0.5, 0.6) is 0 Å². The molecule has 0 amide bonds. The smallest absolute Gasteiger partial charge is 0.306 e. The third-order valence-corrected chi connectivity index (χ3v) is 5.63. The van der Waals surface area contributed by atoms with Crippen molar-refractivity contribution < 1.29 is 18.3 Å². The Labute approximate surface area is 178 Å². The minimum atomic E-state index is -0.525. The highest BCUT2D eigenvalue weighted by Crippen LogP contribution is 2.35. The Morgan fingerprint density at radius 3 is 2.58 bits per heavy atom. The van der Waals surface area contributed by atoms with Crippen LogP contribution in [0.1, 0.15) is 36.0 Å². The van der Waals surface area contributed by atoms with Crippen molar-refractivity contribution in [3.8, 4) is 11.5 Å². The van der Waals surface area contributed by atoms with Gasteiger partial charge in [0.1, 0.15) is 17.1 Å². The topological polar surface area (TPSA) is 68.5 Å². The maximum atomic E-state index is 13.7. The molecule has 0 N–H and O–H groups in total. The van der Waals surface area contributed by atoms with Crippen LogP contribution in [0.4, 0.5) is 10.2 Å². The van der Waals surface area contributed by atoms with Crippen molar-refractivity contribution >= 4 is 33.8 Å². The normalized spacial score (nSPS) is 14.7. The number of hydrogen-bond acceptors (Lipinski definition) is 6. The monoisotopic (exact) mass is 418 g/mol. The van der Waals surface area contributed by atoms with E-state index in [1.165, 1.54) is 25.0 Å². The van der Waals surface area contributed by atoms with Crippen LogP contribution in [0.25, 0.3) is 33.5 Å². The average molecular weight is 418 g/mol. The van der Waals surface area contributed by atoms with Crippen molar-refractivity contribution in [2.24, 2.45) is 0 Å². The van der Waals surface area contributed by atoms with Gasteiger partial charge in [-0.1, -0.05) is 12.8 Å². The fraction of sp³-hybridized carbons (Fsp3) is 0.250. The van der Waals surface area contributed by atoms with Gasteiger partial charge in [0.15, 0.2) is 11.6 Å². The number of hydrogen-bond donors (Lipinski definition) is 0. The molecule has 0 unspecified atom stereocenters. The van der Waals surface area contributed by atoms with E-state index in [1.807, 2.05) is 6.07 Å². The van der Waals surface area contributed by atoms with E-state index in [-0.39, 0.29) is 5.82 Å². The Balaban J connectivity index is 1.70. The molecule has 2 aromatic heterocycles. The summed E-state index contributed by atoms with van der Waals surface area (Å²) in [6, 6.07) is 11.4. The van der Waals surface area contributed by atoms with Crippen molar-refractivity contribution in [1.82, 2.24) is 9.97 Å². The number of ether oxygens (including phenoxy) is 1. The first-order chi connectivity index (χ1) is 15.1. The second-order valence-electron chi connectivity index (χ2n) is 7.73. The zero-order valence-electron chi connectivity index (χ0n) is 16.9. The molecule has 6 nitrogen and oxygen atoms in total. The van der Waals surface area contributed by atoms with Gasteiger partial charge in [0.05, 0.1) is 16.6 Å². The highest BCUT2D eigenvalue weighted by atomic mass is 19.1. The summed E-state index contributed by atoms with van der Waals surface area (Å²) < 4.78 is 24.2. The minimum Gasteiger partial charge on any atom is -0.637 e. The molecule has 31 heavy (non-hydrogen) atoms. The Bertz CT molecular complexity index is 1280. The predicted molar refractivity (Wildman–Crippen MR) is 116 cm³/mol. The molecule has 1 fully saturated rings. The first-order valence-corrected chi connectivity index (χ1v) is 10.3. The van der Waals surface area contributed by atoms with Gasteiger partial charge in [0, 0.05) is 24.5 Å². The summed E-state index contributed by atoms with van der Waals surface area (Å²) >= 11 is 0. The summed E-state index contributed by atoms with van der Waals surface area (Å²) in [5.41, 5.74) is 2.66. The predicted octanol–water partition coefficient (Wildman–Crippen LogP) is 5.51. The van der Waals surface area contributed by atoms with Crippen LogP contribution in [0.15, 0.2) is 46.9 Å². The highest BCUT2D eigenvalue weighted by molar-refractivity contribution is 5.95. The summed E-state index contributed by atoms with van der Waals surface area (Å²) in [4.78, 5) is 23.9. The van der Waals surface area contributed by atoms with Gasteiger partial charge in [-0.15, -0.1) is 0 Å². The zero-order chi connectivity index (χ0) is 21.4. The number of anilines is 1. The van der Waals surface area contributed by atoms with E-state index >= 15 is 0 Å². The number of carbonyl (C=O) groups is 1. The summed E-state index contributed by atoms with van der Waals surface area (Å²) in [6.07, 6.45) is 4.49. The van der Waals surface area contributed by atoms with E-state index in [9.17, 15) is 9.18 Å². The summed E-state index contributed by atoms with van der Waals surface area (Å²) in [7, 11) is 3.19. The largest absolute Gasteiger partial charge is 0.637 e. The average Bonchev–Trinajstić information content (AvgIpc) is 3.01. The van der Waals surface area contributed by atoms with Gasteiger partial charge in [-0.25, -0.2) is 19.2 Å². The Morgan fingerprint density at radius 2 is 1.81 bits per heavy atom. The molecule has 2 aromatic carbocycles. The van der Waals surface area contributed by atoms with Crippen LogP contribution in [0.3, 0.4) is 0 Å². The Kier molecular flexibility index (Phi) is 5.02. The molecule has 0 aliphatic carbocycles. The van der Waals surface area contributed by atoms with Gasteiger partial charge in [-0.05, 0) is 49.2 Å². The van der Waals surface area contributed by atoms with Crippen molar-refractivity contribution in [2.45, 2.75) is 25.7 Å². The first-order valence-electron chi connectivity index (χ1n) is 10.3.